The van der Waals surface area contributed by atoms with Gasteiger partial charge in [-0.3, -0.25) is 0 Å². The maximum atomic E-state index is 5.89. The zero-order valence-electron chi connectivity index (χ0n) is 10.9. The molecule has 0 atom stereocenters. The van der Waals surface area contributed by atoms with Gasteiger partial charge in [-0.2, -0.15) is 0 Å². The van der Waals surface area contributed by atoms with E-state index in [1.54, 1.807) is 6.26 Å². The van der Waals surface area contributed by atoms with Crippen molar-refractivity contribution < 1.29 is 8.83 Å². The zero-order chi connectivity index (χ0) is 14.2. The molecule has 3 nitrogen and oxygen atoms in total. The van der Waals surface area contributed by atoms with E-state index in [0.717, 1.165) is 28.0 Å². The third kappa shape index (κ3) is 2.22. The summed E-state index contributed by atoms with van der Waals surface area (Å²) >= 11 is 5.89. The molecule has 102 valence electrons. The monoisotopic (exact) mass is 295 g/mol. The van der Waals surface area contributed by atoms with Gasteiger partial charge in [-0.1, -0.05) is 11.6 Å². The number of aromatic nitrogens is 1. The fraction of sp³-hybridized carbons (Fsp3) is 0. The number of hydrogen-bond acceptors (Lipinski definition) is 3. The summed E-state index contributed by atoms with van der Waals surface area (Å²) in [4.78, 5) is 4.53. The second-order valence-electron chi connectivity index (χ2n) is 4.69. The Labute approximate surface area is 125 Å². The van der Waals surface area contributed by atoms with Crippen molar-refractivity contribution in [2.24, 2.45) is 0 Å². The van der Waals surface area contributed by atoms with E-state index in [9.17, 15) is 0 Å². The predicted molar refractivity (Wildman–Crippen MR) is 82.2 cm³/mol. The Morgan fingerprint density at radius 1 is 0.905 bits per heavy atom. The van der Waals surface area contributed by atoms with E-state index in [4.69, 9.17) is 20.4 Å². The van der Waals surface area contributed by atoms with Crippen LogP contribution in [0.1, 0.15) is 0 Å². The molecule has 0 amide bonds. The van der Waals surface area contributed by atoms with Gasteiger partial charge in [0.05, 0.1) is 6.26 Å². The molecule has 4 rings (SSSR count). The molecule has 0 aliphatic rings. The number of benzene rings is 2. The minimum atomic E-state index is 0.582. The summed E-state index contributed by atoms with van der Waals surface area (Å²) in [6, 6.07) is 17.0. The van der Waals surface area contributed by atoms with E-state index in [1.807, 2.05) is 54.6 Å². The zero-order valence-corrected chi connectivity index (χ0v) is 11.7. The molecule has 2 aromatic carbocycles. The molecule has 0 fully saturated rings. The van der Waals surface area contributed by atoms with Crippen LogP contribution in [-0.2, 0) is 0 Å². The lowest BCUT2D eigenvalue weighted by atomic mass is 10.1. The molecular weight excluding hydrogens is 286 g/mol. The van der Waals surface area contributed by atoms with Gasteiger partial charge in [0.2, 0.25) is 5.89 Å². The maximum Gasteiger partial charge on any atom is 0.227 e. The number of nitrogens with zero attached hydrogens (tertiary/aromatic N) is 1. The van der Waals surface area contributed by atoms with Crippen LogP contribution >= 0.6 is 11.6 Å². The van der Waals surface area contributed by atoms with Crippen LogP contribution < -0.4 is 0 Å². The molecule has 0 radical (unpaired) electrons. The fourth-order valence-corrected chi connectivity index (χ4v) is 2.37. The van der Waals surface area contributed by atoms with Gasteiger partial charge in [0.15, 0.2) is 5.58 Å². The van der Waals surface area contributed by atoms with Gasteiger partial charge in [0.1, 0.15) is 11.3 Å². The van der Waals surface area contributed by atoms with Gasteiger partial charge in [-0.05, 0) is 54.6 Å². The summed E-state index contributed by atoms with van der Waals surface area (Å²) in [6.07, 6.45) is 1.65. The number of rotatable bonds is 2. The summed E-state index contributed by atoms with van der Waals surface area (Å²) in [5.41, 5.74) is 3.42. The number of halogens is 1. The van der Waals surface area contributed by atoms with E-state index in [2.05, 4.69) is 4.98 Å². The number of furan rings is 1. The van der Waals surface area contributed by atoms with Crippen molar-refractivity contribution in [1.29, 1.82) is 0 Å². The molecule has 0 spiro atoms. The first-order valence-corrected chi connectivity index (χ1v) is 6.88. The first-order chi connectivity index (χ1) is 10.3. The van der Waals surface area contributed by atoms with Crippen LogP contribution in [0.4, 0.5) is 0 Å². The molecule has 0 saturated carbocycles. The number of hydrogen-bond donors (Lipinski definition) is 0. The van der Waals surface area contributed by atoms with Gasteiger partial charge in [-0.25, -0.2) is 4.98 Å². The van der Waals surface area contributed by atoms with Crippen molar-refractivity contribution in [3.05, 3.63) is 65.9 Å². The van der Waals surface area contributed by atoms with Crippen LogP contribution in [0.5, 0.6) is 0 Å². The van der Waals surface area contributed by atoms with Crippen molar-refractivity contribution in [1.82, 2.24) is 4.98 Å². The SMILES string of the molecule is Clc1ccc(-c2nc3cc(-c4ccco4)ccc3o2)cc1. The van der Waals surface area contributed by atoms with Crippen LogP contribution in [0.2, 0.25) is 5.02 Å². The van der Waals surface area contributed by atoms with E-state index in [-0.39, 0.29) is 0 Å². The van der Waals surface area contributed by atoms with E-state index in [1.165, 1.54) is 0 Å². The lowest BCUT2D eigenvalue weighted by Gasteiger charge is -1.94. The maximum absolute atomic E-state index is 5.89. The van der Waals surface area contributed by atoms with E-state index in [0.29, 0.717) is 10.9 Å². The molecule has 0 bridgehead atoms. The van der Waals surface area contributed by atoms with Crippen molar-refractivity contribution in [2.75, 3.05) is 0 Å². The summed E-state index contributed by atoms with van der Waals surface area (Å²) in [6.45, 7) is 0. The lowest BCUT2D eigenvalue weighted by Crippen LogP contribution is -1.76. The van der Waals surface area contributed by atoms with Gasteiger partial charge >= 0.3 is 0 Å². The normalized spacial score (nSPS) is 11.1. The average Bonchev–Trinajstić information content (AvgIpc) is 3.16. The highest BCUT2D eigenvalue weighted by molar-refractivity contribution is 6.30. The second-order valence-corrected chi connectivity index (χ2v) is 5.12. The molecule has 0 saturated heterocycles. The Hall–Kier alpha value is -2.52. The van der Waals surface area contributed by atoms with Gasteiger partial charge in [0.25, 0.3) is 0 Å². The van der Waals surface area contributed by atoms with Crippen molar-refractivity contribution in [3.63, 3.8) is 0 Å². The molecular formula is C17H10ClNO2. The van der Waals surface area contributed by atoms with E-state index >= 15 is 0 Å². The molecule has 4 aromatic rings. The topological polar surface area (TPSA) is 39.2 Å². The molecule has 0 unspecified atom stereocenters. The van der Waals surface area contributed by atoms with Crippen LogP contribution in [0.15, 0.2) is 69.7 Å². The molecule has 4 heteroatoms. The third-order valence-electron chi connectivity index (χ3n) is 3.28. The highest BCUT2D eigenvalue weighted by Gasteiger charge is 2.10. The quantitative estimate of drug-likeness (QED) is 0.496. The van der Waals surface area contributed by atoms with Crippen LogP contribution in [0, 0.1) is 0 Å². The van der Waals surface area contributed by atoms with Crippen molar-refractivity contribution in [2.45, 2.75) is 0 Å². The Kier molecular flexibility index (Phi) is 2.79. The summed E-state index contributed by atoms with van der Waals surface area (Å²) < 4.78 is 11.2. The second kappa shape index (κ2) is 4.79. The number of oxazole rings is 1. The largest absolute Gasteiger partial charge is 0.464 e. The van der Waals surface area contributed by atoms with Gasteiger partial charge in [0, 0.05) is 16.1 Å². The lowest BCUT2D eigenvalue weighted by molar-refractivity contribution is 0.582. The standard InChI is InChI=1S/C17H10ClNO2/c18-13-6-3-11(4-7-13)17-19-14-10-12(5-8-16(14)21-17)15-2-1-9-20-15/h1-10H. The van der Waals surface area contributed by atoms with Gasteiger partial charge < -0.3 is 8.83 Å². The average molecular weight is 296 g/mol. The predicted octanol–water partition coefficient (Wildman–Crippen LogP) is 5.41. The minimum absolute atomic E-state index is 0.582. The molecule has 21 heavy (non-hydrogen) atoms. The Balaban J connectivity index is 1.81. The molecule has 0 N–H and O–H groups in total. The molecule has 2 aromatic heterocycles. The van der Waals surface area contributed by atoms with Crippen molar-refractivity contribution >= 4 is 22.7 Å². The smallest absolute Gasteiger partial charge is 0.227 e. The van der Waals surface area contributed by atoms with Crippen LogP contribution in [-0.4, -0.2) is 4.98 Å². The number of fused-ring (bicyclic) bond motifs is 1. The Bertz CT molecular complexity index is 892. The minimum Gasteiger partial charge on any atom is -0.464 e. The molecule has 0 aliphatic carbocycles. The van der Waals surface area contributed by atoms with Crippen molar-refractivity contribution in [3.8, 4) is 22.8 Å². The van der Waals surface area contributed by atoms with Gasteiger partial charge in [-0.15, -0.1) is 0 Å². The summed E-state index contributed by atoms with van der Waals surface area (Å²) in [5.74, 6) is 1.39. The summed E-state index contributed by atoms with van der Waals surface area (Å²) in [7, 11) is 0. The summed E-state index contributed by atoms with van der Waals surface area (Å²) in [5, 5.41) is 0.690. The fourth-order valence-electron chi connectivity index (χ4n) is 2.24. The highest BCUT2D eigenvalue weighted by Crippen LogP contribution is 2.29. The highest BCUT2D eigenvalue weighted by atomic mass is 35.5. The molecule has 2 heterocycles. The Morgan fingerprint density at radius 2 is 1.71 bits per heavy atom. The first-order valence-electron chi connectivity index (χ1n) is 6.50. The van der Waals surface area contributed by atoms with Crippen LogP contribution in [0.25, 0.3) is 33.9 Å². The van der Waals surface area contributed by atoms with E-state index < -0.39 is 0 Å². The third-order valence-corrected chi connectivity index (χ3v) is 3.54. The molecule has 0 aliphatic heterocycles. The first kappa shape index (κ1) is 12.2. The van der Waals surface area contributed by atoms with Crippen LogP contribution in [0.3, 0.4) is 0 Å². The Morgan fingerprint density at radius 3 is 2.48 bits per heavy atom.